The highest BCUT2D eigenvalue weighted by atomic mass is 19.1. The fraction of sp³-hybridized carbons (Fsp3) is 0.444. The first-order valence-electron chi connectivity index (χ1n) is 8.90. The van der Waals surface area contributed by atoms with E-state index in [1.54, 1.807) is 10.9 Å². The summed E-state index contributed by atoms with van der Waals surface area (Å²) in [4.78, 5) is 14.2. The second kappa shape index (κ2) is 5.83. The Morgan fingerprint density at radius 2 is 1.74 bits per heavy atom. The first kappa shape index (κ1) is 16.3. The number of rotatable bonds is 2. The smallest absolute Gasteiger partial charge is 0.322 e. The zero-order valence-electron chi connectivity index (χ0n) is 14.6. The molecule has 0 radical (unpaired) electrons. The highest BCUT2D eigenvalue weighted by Gasteiger charge is 2.44. The quantitative estimate of drug-likeness (QED) is 0.875. The third-order valence-corrected chi connectivity index (χ3v) is 5.12. The van der Waals surface area contributed by atoms with E-state index in [2.05, 4.69) is 10.4 Å². The van der Waals surface area contributed by atoms with Gasteiger partial charge < -0.3 is 19.7 Å². The minimum absolute atomic E-state index is 0.227. The number of nitrogens with zero attached hydrogens (tertiary/aromatic N) is 3. The fourth-order valence-corrected chi connectivity index (χ4v) is 3.63. The number of urea groups is 1. The van der Waals surface area contributed by atoms with Crippen LogP contribution >= 0.6 is 0 Å². The van der Waals surface area contributed by atoms with Gasteiger partial charge in [0.15, 0.2) is 23.8 Å². The fourth-order valence-electron chi connectivity index (χ4n) is 3.63. The van der Waals surface area contributed by atoms with Gasteiger partial charge in [-0.1, -0.05) is 0 Å². The number of halogens is 2. The molecular formula is C18H18F2N4O3. The molecule has 1 aromatic heterocycles. The van der Waals surface area contributed by atoms with Gasteiger partial charge in [-0.15, -0.1) is 0 Å². The molecule has 27 heavy (non-hydrogen) atoms. The normalized spacial score (nSPS) is 23.3. The second-order valence-corrected chi connectivity index (χ2v) is 7.21. The minimum Gasteiger partial charge on any atom is -0.478 e. The number of hydrogen-bond acceptors (Lipinski definition) is 4. The molecule has 1 saturated carbocycles. The van der Waals surface area contributed by atoms with Crippen molar-refractivity contribution >= 4 is 11.7 Å². The number of amides is 2. The second-order valence-electron chi connectivity index (χ2n) is 7.21. The van der Waals surface area contributed by atoms with Crippen LogP contribution in [0.3, 0.4) is 0 Å². The van der Waals surface area contributed by atoms with Gasteiger partial charge in [0.25, 0.3) is 0 Å². The van der Waals surface area contributed by atoms with Crippen molar-refractivity contribution in [1.82, 2.24) is 14.7 Å². The summed E-state index contributed by atoms with van der Waals surface area (Å²) in [5.41, 5.74) is 1.59. The number of carbonyl (C=O) groups excluding carboxylic acids is 1. The van der Waals surface area contributed by atoms with E-state index in [9.17, 15) is 13.6 Å². The van der Waals surface area contributed by atoms with Crippen LogP contribution in [0.4, 0.5) is 19.3 Å². The lowest BCUT2D eigenvalue weighted by molar-refractivity contribution is 0.0467. The standard InChI is InChI=1S/C18H18F2N4O3/c1-23-6-12(15(22-23)9-2-3-9)21-18(25)24-7-13-14(8-24)27-17-11(20)5-4-10(19)16(17)26-13/h4-6,9,13-14H,2-3,7-8H2,1H3,(H,21,25)/t13-,14+. The first-order chi connectivity index (χ1) is 13.0. The zero-order chi connectivity index (χ0) is 18.7. The van der Waals surface area contributed by atoms with E-state index < -0.39 is 23.8 Å². The zero-order valence-corrected chi connectivity index (χ0v) is 14.6. The lowest BCUT2D eigenvalue weighted by Gasteiger charge is -2.28. The van der Waals surface area contributed by atoms with Crippen molar-refractivity contribution in [2.75, 3.05) is 18.4 Å². The molecule has 1 aromatic carbocycles. The Hall–Kier alpha value is -2.84. The lowest BCUT2D eigenvalue weighted by atomic mass is 10.2. The first-order valence-corrected chi connectivity index (χ1v) is 8.90. The monoisotopic (exact) mass is 376 g/mol. The van der Waals surface area contributed by atoms with Crippen molar-refractivity contribution in [2.45, 2.75) is 31.0 Å². The molecule has 2 aromatic rings. The van der Waals surface area contributed by atoms with Crippen LogP contribution in [0.25, 0.3) is 0 Å². The van der Waals surface area contributed by atoms with E-state index >= 15 is 0 Å². The van der Waals surface area contributed by atoms with Crippen molar-refractivity contribution in [3.05, 3.63) is 35.7 Å². The summed E-state index contributed by atoms with van der Waals surface area (Å²) >= 11 is 0. The molecule has 3 heterocycles. The predicted octanol–water partition coefficient (Wildman–Crippen LogP) is 2.63. The van der Waals surface area contributed by atoms with E-state index in [-0.39, 0.29) is 30.6 Å². The van der Waals surface area contributed by atoms with Crippen LogP contribution in [-0.4, -0.2) is 46.0 Å². The molecule has 1 aliphatic carbocycles. The van der Waals surface area contributed by atoms with E-state index in [1.807, 2.05) is 7.05 Å². The number of hydrogen-bond donors (Lipinski definition) is 1. The van der Waals surface area contributed by atoms with Gasteiger partial charge in [0.2, 0.25) is 11.5 Å². The maximum Gasteiger partial charge on any atom is 0.322 e. The van der Waals surface area contributed by atoms with Gasteiger partial charge in [-0.05, 0) is 25.0 Å². The van der Waals surface area contributed by atoms with Crippen molar-refractivity contribution in [3.63, 3.8) is 0 Å². The van der Waals surface area contributed by atoms with Gasteiger partial charge in [-0.25, -0.2) is 13.6 Å². The van der Waals surface area contributed by atoms with Crippen LogP contribution in [0.1, 0.15) is 24.5 Å². The summed E-state index contributed by atoms with van der Waals surface area (Å²) in [6.07, 6.45) is 2.84. The number of aromatic nitrogens is 2. The maximum atomic E-state index is 13.9. The minimum atomic E-state index is -0.683. The third-order valence-electron chi connectivity index (χ3n) is 5.12. The summed E-state index contributed by atoms with van der Waals surface area (Å²) < 4.78 is 40.7. The SMILES string of the molecule is Cn1cc(NC(=O)N2C[C@@H]3Oc4c(F)ccc(F)c4O[C@@H]3C2)c(C2CC2)n1. The van der Waals surface area contributed by atoms with Crippen LogP contribution in [0.2, 0.25) is 0 Å². The molecule has 0 bridgehead atoms. The lowest BCUT2D eigenvalue weighted by Crippen LogP contribution is -2.39. The topological polar surface area (TPSA) is 68.6 Å². The number of fused-ring (bicyclic) bond motifs is 2. The summed E-state index contributed by atoms with van der Waals surface area (Å²) in [7, 11) is 1.81. The molecular weight excluding hydrogens is 358 g/mol. The van der Waals surface area contributed by atoms with E-state index in [0.717, 1.165) is 30.7 Å². The Morgan fingerprint density at radius 3 is 2.30 bits per heavy atom. The van der Waals surface area contributed by atoms with Gasteiger partial charge in [-0.3, -0.25) is 4.68 Å². The van der Waals surface area contributed by atoms with Crippen molar-refractivity contribution in [1.29, 1.82) is 0 Å². The summed E-state index contributed by atoms with van der Waals surface area (Å²) in [5.74, 6) is -1.44. The van der Waals surface area contributed by atoms with Crippen molar-refractivity contribution in [3.8, 4) is 11.5 Å². The van der Waals surface area contributed by atoms with Gasteiger partial charge in [-0.2, -0.15) is 5.10 Å². The molecule has 9 heteroatoms. The molecule has 0 spiro atoms. The molecule has 2 fully saturated rings. The summed E-state index contributed by atoms with van der Waals surface area (Å²) in [5, 5.41) is 7.31. The molecule has 3 aliphatic rings. The van der Waals surface area contributed by atoms with Crippen LogP contribution in [0.15, 0.2) is 18.3 Å². The number of benzene rings is 1. The van der Waals surface area contributed by atoms with Gasteiger partial charge in [0, 0.05) is 19.2 Å². The summed E-state index contributed by atoms with van der Waals surface area (Å²) in [6, 6.07) is 1.69. The Morgan fingerprint density at radius 1 is 1.15 bits per heavy atom. The van der Waals surface area contributed by atoms with Crippen molar-refractivity contribution in [2.24, 2.45) is 7.05 Å². The third kappa shape index (κ3) is 2.77. The average molecular weight is 376 g/mol. The van der Waals surface area contributed by atoms with Crippen LogP contribution < -0.4 is 14.8 Å². The Kier molecular flexibility index (Phi) is 3.53. The molecule has 2 atom stereocenters. The molecule has 1 saturated heterocycles. The van der Waals surface area contributed by atoms with E-state index in [0.29, 0.717) is 11.6 Å². The molecule has 0 unspecified atom stereocenters. The van der Waals surface area contributed by atoms with Gasteiger partial charge >= 0.3 is 6.03 Å². The van der Waals surface area contributed by atoms with Crippen molar-refractivity contribution < 1.29 is 23.0 Å². The molecule has 1 N–H and O–H groups in total. The molecule has 142 valence electrons. The van der Waals surface area contributed by atoms with E-state index in [1.165, 1.54) is 4.90 Å². The Balaban J connectivity index is 1.31. The van der Waals surface area contributed by atoms with Crippen LogP contribution in [0, 0.1) is 11.6 Å². The Bertz CT molecular complexity index is 889. The molecule has 7 nitrogen and oxygen atoms in total. The number of ether oxygens (including phenoxy) is 2. The average Bonchev–Trinajstić information content (AvgIpc) is 3.29. The van der Waals surface area contributed by atoms with Gasteiger partial charge in [0.05, 0.1) is 24.5 Å². The number of anilines is 1. The van der Waals surface area contributed by atoms with Gasteiger partial charge in [0.1, 0.15) is 0 Å². The summed E-state index contributed by atoms with van der Waals surface area (Å²) in [6.45, 7) is 0.454. The predicted molar refractivity (Wildman–Crippen MR) is 91.0 cm³/mol. The number of likely N-dealkylation sites (tertiary alicyclic amines) is 1. The highest BCUT2D eigenvalue weighted by Crippen LogP contribution is 2.43. The number of carbonyl (C=O) groups is 1. The number of nitrogens with one attached hydrogen (secondary N) is 1. The Labute approximate surface area is 153 Å². The van der Waals surface area contributed by atoms with Crippen LogP contribution in [0.5, 0.6) is 11.5 Å². The van der Waals surface area contributed by atoms with Crippen LogP contribution in [-0.2, 0) is 7.05 Å². The molecule has 2 aliphatic heterocycles. The van der Waals surface area contributed by atoms with E-state index in [4.69, 9.17) is 9.47 Å². The highest BCUT2D eigenvalue weighted by molar-refractivity contribution is 5.90. The molecule has 2 amide bonds. The number of aryl methyl sites for hydroxylation is 1. The largest absolute Gasteiger partial charge is 0.478 e. The molecule has 5 rings (SSSR count). The maximum absolute atomic E-state index is 13.9.